The Hall–Kier alpha value is -1.90. The Morgan fingerprint density at radius 3 is 3.00 bits per heavy atom. The van der Waals surface area contributed by atoms with Gasteiger partial charge in [0.2, 0.25) is 0 Å². The molecule has 0 saturated carbocycles. The molecule has 0 saturated heterocycles. The first-order valence-electron chi connectivity index (χ1n) is 4.60. The van der Waals surface area contributed by atoms with E-state index in [-0.39, 0.29) is 0 Å². The highest BCUT2D eigenvalue weighted by molar-refractivity contribution is 5.95. The van der Waals surface area contributed by atoms with E-state index in [1.165, 1.54) is 5.39 Å². The second-order valence-electron chi connectivity index (χ2n) is 3.58. The molecule has 3 nitrogen and oxygen atoms in total. The van der Waals surface area contributed by atoms with Gasteiger partial charge < -0.3 is 10.2 Å². The van der Waals surface area contributed by atoms with E-state index in [0.29, 0.717) is 0 Å². The molecule has 3 heterocycles. The summed E-state index contributed by atoms with van der Waals surface area (Å²) in [5.41, 5.74) is 3.34. The first-order valence-corrected chi connectivity index (χ1v) is 4.60. The van der Waals surface area contributed by atoms with Crippen LogP contribution in [0.5, 0.6) is 0 Å². The lowest BCUT2D eigenvalue weighted by atomic mass is 10.3. The van der Waals surface area contributed by atoms with Crippen LogP contribution in [0.1, 0.15) is 5.69 Å². The fraction of sp³-hybridized carbons (Fsp3) is 0.0909. The predicted molar refractivity (Wildman–Crippen MR) is 57.8 cm³/mol. The molecule has 0 spiro atoms. The lowest BCUT2D eigenvalue weighted by Crippen LogP contribution is -2.08. The topological polar surface area (TPSA) is 35.4 Å². The number of aromatic nitrogens is 2. The highest BCUT2D eigenvalue weighted by Gasteiger charge is 2.08. The summed E-state index contributed by atoms with van der Waals surface area (Å²) in [5, 5.41) is 1.19. The fourth-order valence-corrected chi connectivity index (χ4v) is 1.97. The van der Waals surface area contributed by atoms with Crippen LogP contribution >= 0.6 is 0 Å². The van der Waals surface area contributed by atoms with Gasteiger partial charge in [0.25, 0.3) is 0 Å². The van der Waals surface area contributed by atoms with Crippen LogP contribution in [0.2, 0.25) is 0 Å². The van der Waals surface area contributed by atoms with Gasteiger partial charge in [-0.3, -0.25) is 4.68 Å². The quantitative estimate of drug-likeness (QED) is 0.533. The van der Waals surface area contributed by atoms with Gasteiger partial charge >= 0.3 is 0 Å². The fourth-order valence-electron chi connectivity index (χ4n) is 1.97. The number of hydrogen-bond donors (Lipinski definition) is 1. The molecule has 0 aliphatic rings. The van der Waals surface area contributed by atoms with E-state index >= 15 is 0 Å². The minimum absolute atomic E-state index is 1.08. The van der Waals surface area contributed by atoms with E-state index < -0.39 is 0 Å². The first-order chi connectivity index (χ1) is 6.77. The van der Waals surface area contributed by atoms with Crippen molar-refractivity contribution in [3.8, 4) is 0 Å². The third kappa shape index (κ3) is 0.763. The van der Waals surface area contributed by atoms with Crippen LogP contribution in [0.15, 0.2) is 36.7 Å². The van der Waals surface area contributed by atoms with Crippen LogP contribution in [0.4, 0.5) is 0 Å². The molecule has 0 aliphatic heterocycles. The van der Waals surface area contributed by atoms with Gasteiger partial charge in [0.05, 0.1) is 11.0 Å². The van der Waals surface area contributed by atoms with Crippen molar-refractivity contribution in [2.75, 3.05) is 5.84 Å². The van der Waals surface area contributed by atoms with Gasteiger partial charge in [-0.15, -0.1) is 0 Å². The van der Waals surface area contributed by atoms with Crippen molar-refractivity contribution in [3.05, 3.63) is 42.4 Å². The summed E-state index contributed by atoms with van der Waals surface area (Å²) in [7, 11) is 0. The molecular formula is C11H11N3. The molecule has 0 aromatic carbocycles. The zero-order valence-corrected chi connectivity index (χ0v) is 7.94. The normalized spacial score (nSPS) is 11.5. The van der Waals surface area contributed by atoms with E-state index in [1.807, 2.05) is 25.3 Å². The standard InChI is InChI=1S/C11H11N3/c1-8-6-9-7-13-5-3-2-4-10(13)11(9)14(8)12/h2-7H,12H2,1H3. The van der Waals surface area contributed by atoms with Crippen molar-refractivity contribution < 1.29 is 0 Å². The summed E-state index contributed by atoms with van der Waals surface area (Å²) in [4.78, 5) is 0. The lowest BCUT2D eigenvalue weighted by molar-refractivity contribution is 1.00. The van der Waals surface area contributed by atoms with E-state index in [0.717, 1.165) is 16.7 Å². The SMILES string of the molecule is Cc1cc2cn3ccccc3c2n1N. The second kappa shape index (κ2) is 2.32. The van der Waals surface area contributed by atoms with E-state index in [1.54, 1.807) is 4.68 Å². The first kappa shape index (κ1) is 7.50. The number of nitrogens with zero attached hydrogens (tertiary/aromatic N) is 2. The minimum Gasteiger partial charge on any atom is -0.339 e. The Balaban J connectivity index is 2.62. The van der Waals surface area contributed by atoms with Gasteiger partial charge in [-0.05, 0) is 25.1 Å². The molecule has 0 unspecified atom stereocenters. The zero-order chi connectivity index (χ0) is 9.71. The maximum atomic E-state index is 5.95. The number of nitrogen functional groups attached to an aromatic ring is 1. The van der Waals surface area contributed by atoms with E-state index in [2.05, 4.69) is 22.7 Å². The summed E-state index contributed by atoms with van der Waals surface area (Å²) in [6.07, 6.45) is 4.13. The molecule has 0 aliphatic carbocycles. The van der Waals surface area contributed by atoms with Gasteiger partial charge in [-0.2, -0.15) is 0 Å². The molecule has 3 aromatic rings. The van der Waals surface area contributed by atoms with Gasteiger partial charge in [-0.1, -0.05) is 6.07 Å². The van der Waals surface area contributed by atoms with Crippen molar-refractivity contribution in [1.29, 1.82) is 0 Å². The Morgan fingerprint density at radius 2 is 2.14 bits per heavy atom. The van der Waals surface area contributed by atoms with Crippen molar-refractivity contribution in [2.45, 2.75) is 6.92 Å². The highest BCUT2D eigenvalue weighted by atomic mass is 15.3. The third-order valence-electron chi connectivity index (χ3n) is 2.67. The van der Waals surface area contributed by atoms with Gasteiger partial charge in [0.1, 0.15) is 0 Å². The van der Waals surface area contributed by atoms with E-state index in [4.69, 9.17) is 5.84 Å². The number of aryl methyl sites for hydroxylation is 1. The molecule has 0 radical (unpaired) electrons. The Bertz CT molecular complexity index is 616. The molecule has 14 heavy (non-hydrogen) atoms. The molecule has 3 rings (SSSR count). The van der Waals surface area contributed by atoms with Crippen LogP contribution < -0.4 is 5.84 Å². The Morgan fingerprint density at radius 1 is 1.29 bits per heavy atom. The van der Waals surface area contributed by atoms with Gasteiger partial charge in [0.15, 0.2) is 0 Å². The highest BCUT2D eigenvalue weighted by Crippen LogP contribution is 2.23. The number of fused-ring (bicyclic) bond motifs is 3. The number of rotatable bonds is 0. The summed E-state index contributed by atoms with van der Waals surface area (Å²) in [5.74, 6) is 5.95. The molecule has 0 atom stereocenters. The Kier molecular flexibility index (Phi) is 1.24. The molecule has 3 heteroatoms. The molecular weight excluding hydrogens is 174 g/mol. The van der Waals surface area contributed by atoms with Crippen LogP contribution in [0.25, 0.3) is 16.4 Å². The van der Waals surface area contributed by atoms with Gasteiger partial charge in [-0.25, -0.2) is 0 Å². The van der Waals surface area contributed by atoms with Crippen LogP contribution in [-0.2, 0) is 0 Å². The number of pyridine rings is 1. The van der Waals surface area contributed by atoms with Crippen molar-refractivity contribution in [3.63, 3.8) is 0 Å². The maximum Gasteiger partial charge on any atom is 0.0948 e. The molecule has 0 amide bonds. The van der Waals surface area contributed by atoms with Crippen molar-refractivity contribution >= 4 is 16.4 Å². The summed E-state index contributed by atoms with van der Waals surface area (Å²) in [6.45, 7) is 2.01. The van der Waals surface area contributed by atoms with E-state index in [9.17, 15) is 0 Å². The molecule has 0 fully saturated rings. The molecule has 0 bridgehead atoms. The van der Waals surface area contributed by atoms with Crippen LogP contribution in [0.3, 0.4) is 0 Å². The number of nitrogens with two attached hydrogens (primary N) is 1. The average molecular weight is 185 g/mol. The molecule has 3 aromatic heterocycles. The minimum atomic E-state index is 1.08. The monoisotopic (exact) mass is 185 g/mol. The van der Waals surface area contributed by atoms with Crippen LogP contribution in [-0.4, -0.2) is 9.08 Å². The lowest BCUT2D eigenvalue weighted by Gasteiger charge is -1.99. The van der Waals surface area contributed by atoms with Gasteiger partial charge in [0, 0.05) is 23.5 Å². The van der Waals surface area contributed by atoms with Crippen molar-refractivity contribution in [1.82, 2.24) is 9.08 Å². The largest absolute Gasteiger partial charge is 0.339 e. The third-order valence-corrected chi connectivity index (χ3v) is 2.67. The average Bonchev–Trinajstić information content (AvgIpc) is 2.65. The number of hydrogen-bond acceptors (Lipinski definition) is 1. The van der Waals surface area contributed by atoms with Crippen molar-refractivity contribution in [2.24, 2.45) is 0 Å². The van der Waals surface area contributed by atoms with Crippen LogP contribution in [0, 0.1) is 6.92 Å². The summed E-state index contributed by atoms with van der Waals surface area (Å²) in [6, 6.07) is 8.21. The predicted octanol–water partition coefficient (Wildman–Crippen LogP) is 1.92. The summed E-state index contributed by atoms with van der Waals surface area (Å²) < 4.78 is 3.83. The Labute approximate surface area is 81.3 Å². The molecule has 70 valence electrons. The summed E-state index contributed by atoms with van der Waals surface area (Å²) >= 11 is 0. The second-order valence-corrected chi connectivity index (χ2v) is 3.58. The maximum absolute atomic E-state index is 5.95. The molecule has 2 N–H and O–H groups in total. The smallest absolute Gasteiger partial charge is 0.0948 e. The zero-order valence-electron chi connectivity index (χ0n) is 7.94.